The number of rotatable bonds is 6. The molecular formula is C15H15NO5. The molecule has 0 fully saturated rings. The van der Waals surface area contributed by atoms with E-state index in [1.165, 1.54) is 18.4 Å². The molecule has 2 aromatic rings. The maximum Gasteiger partial charge on any atom is 0.339 e. The van der Waals surface area contributed by atoms with Crippen LogP contribution in [0.2, 0.25) is 0 Å². The van der Waals surface area contributed by atoms with Crippen LogP contribution >= 0.6 is 0 Å². The van der Waals surface area contributed by atoms with Crippen molar-refractivity contribution >= 4 is 11.9 Å². The third-order valence-electron chi connectivity index (χ3n) is 2.82. The van der Waals surface area contributed by atoms with Gasteiger partial charge in [0.2, 0.25) is 0 Å². The first kappa shape index (κ1) is 14.6. The molecule has 1 aromatic carbocycles. The minimum atomic E-state index is -1.10. The van der Waals surface area contributed by atoms with E-state index in [1.54, 1.807) is 31.2 Å². The van der Waals surface area contributed by atoms with Gasteiger partial charge in [0.15, 0.2) is 6.61 Å². The van der Waals surface area contributed by atoms with Crippen LogP contribution in [0.15, 0.2) is 47.1 Å². The lowest BCUT2D eigenvalue weighted by Crippen LogP contribution is -2.31. The second kappa shape index (κ2) is 6.60. The van der Waals surface area contributed by atoms with Gasteiger partial charge in [0.25, 0.3) is 5.91 Å². The van der Waals surface area contributed by atoms with Crippen LogP contribution in [0.4, 0.5) is 0 Å². The van der Waals surface area contributed by atoms with Gasteiger partial charge in [0.05, 0.1) is 12.3 Å². The third kappa shape index (κ3) is 3.85. The number of para-hydroxylation sites is 1. The third-order valence-corrected chi connectivity index (χ3v) is 2.82. The van der Waals surface area contributed by atoms with Gasteiger partial charge < -0.3 is 19.6 Å². The number of carboxylic acids is 1. The molecule has 1 amide bonds. The second-order valence-electron chi connectivity index (χ2n) is 4.39. The van der Waals surface area contributed by atoms with Crippen LogP contribution in [0, 0.1) is 0 Å². The van der Waals surface area contributed by atoms with Gasteiger partial charge in [-0.25, -0.2) is 4.79 Å². The number of carbonyl (C=O) groups is 2. The lowest BCUT2D eigenvalue weighted by Gasteiger charge is -2.13. The van der Waals surface area contributed by atoms with Crippen LogP contribution in [0.1, 0.15) is 29.1 Å². The summed E-state index contributed by atoms with van der Waals surface area (Å²) < 4.78 is 10.4. The topological polar surface area (TPSA) is 88.8 Å². The van der Waals surface area contributed by atoms with Crippen molar-refractivity contribution in [2.24, 2.45) is 0 Å². The van der Waals surface area contributed by atoms with E-state index < -0.39 is 5.97 Å². The molecule has 1 unspecified atom stereocenters. The highest BCUT2D eigenvalue weighted by molar-refractivity contribution is 5.91. The van der Waals surface area contributed by atoms with Crippen LogP contribution in [-0.2, 0) is 4.79 Å². The molecule has 6 nitrogen and oxygen atoms in total. The van der Waals surface area contributed by atoms with Crippen LogP contribution in [0.25, 0.3) is 0 Å². The van der Waals surface area contributed by atoms with Crippen molar-refractivity contribution in [1.29, 1.82) is 0 Å². The zero-order chi connectivity index (χ0) is 15.2. The first-order valence-electron chi connectivity index (χ1n) is 6.36. The Labute approximate surface area is 121 Å². The van der Waals surface area contributed by atoms with Gasteiger partial charge in [-0.1, -0.05) is 12.1 Å². The van der Waals surface area contributed by atoms with E-state index in [1.807, 2.05) is 0 Å². The summed E-state index contributed by atoms with van der Waals surface area (Å²) in [6.07, 6.45) is 1.53. The molecule has 6 heteroatoms. The molecule has 0 spiro atoms. The van der Waals surface area contributed by atoms with Gasteiger partial charge in [-0.3, -0.25) is 4.79 Å². The maximum atomic E-state index is 11.8. The summed E-state index contributed by atoms with van der Waals surface area (Å²) >= 11 is 0. The molecule has 1 atom stereocenters. The smallest absolute Gasteiger partial charge is 0.339 e. The van der Waals surface area contributed by atoms with Crippen molar-refractivity contribution in [3.05, 3.63) is 54.0 Å². The first-order valence-corrected chi connectivity index (χ1v) is 6.36. The van der Waals surface area contributed by atoms with E-state index in [4.69, 9.17) is 14.3 Å². The summed E-state index contributed by atoms with van der Waals surface area (Å²) in [5.74, 6) is -0.672. The molecule has 0 saturated heterocycles. The predicted octanol–water partition coefficient (Wildman–Crippen LogP) is 2.23. The van der Waals surface area contributed by atoms with E-state index >= 15 is 0 Å². The van der Waals surface area contributed by atoms with Gasteiger partial charge in [-0.05, 0) is 31.2 Å². The Bertz CT molecular complexity index is 621. The number of aromatic carboxylic acids is 1. The Morgan fingerprint density at radius 2 is 2.05 bits per heavy atom. The molecule has 2 rings (SSSR count). The van der Waals surface area contributed by atoms with Crippen molar-refractivity contribution < 1.29 is 23.8 Å². The largest absolute Gasteiger partial charge is 0.483 e. The van der Waals surface area contributed by atoms with Crippen molar-refractivity contribution in [2.45, 2.75) is 13.0 Å². The lowest BCUT2D eigenvalue weighted by molar-refractivity contribution is -0.123. The van der Waals surface area contributed by atoms with Crippen LogP contribution < -0.4 is 10.1 Å². The quantitative estimate of drug-likeness (QED) is 0.851. The number of amides is 1. The first-order chi connectivity index (χ1) is 10.1. The van der Waals surface area contributed by atoms with Crippen LogP contribution in [0.3, 0.4) is 0 Å². The van der Waals surface area contributed by atoms with Crippen molar-refractivity contribution in [1.82, 2.24) is 5.32 Å². The molecule has 0 aliphatic carbocycles. The molecule has 0 aliphatic rings. The molecule has 2 N–H and O–H groups in total. The van der Waals surface area contributed by atoms with E-state index in [9.17, 15) is 9.59 Å². The Morgan fingerprint density at radius 3 is 2.71 bits per heavy atom. The number of hydrogen-bond donors (Lipinski definition) is 2. The Kier molecular flexibility index (Phi) is 4.61. The molecule has 1 heterocycles. The number of ether oxygens (including phenoxy) is 1. The summed E-state index contributed by atoms with van der Waals surface area (Å²) in [7, 11) is 0. The standard InChI is InChI=1S/C15H15NO5/c1-10(12-7-4-8-20-12)16-14(17)9-21-13-6-3-2-5-11(13)15(18)19/h2-8,10H,9H2,1H3,(H,16,17)(H,18,19). The number of carbonyl (C=O) groups excluding carboxylic acids is 1. The van der Waals surface area contributed by atoms with Crippen LogP contribution in [0.5, 0.6) is 5.75 Å². The summed E-state index contributed by atoms with van der Waals surface area (Å²) in [6, 6.07) is 9.36. The molecule has 0 saturated carbocycles. The summed E-state index contributed by atoms with van der Waals surface area (Å²) in [5.41, 5.74) is 0.0179. The normalized spacial score (nSPS) is 11.7. The Balaban J connectivity index is 1.91. The monoisotopic (exact) mass is 289 g/mol. The highest BCUT2D eigenvalue weighted by atomic mass is 16.5. The predicted molar refractivity (Wildman–Crippen MR) is 74.2 cm³/mol. The minimum Gasteiger partial charge on any atom is -0.483 e. The molecule has 0 aliphatic heterocycles. The van der Waals surface area contributed by atoms with Crippen molar-refractivity contribution in [3.8, 4) is 5.75 Å². The molecule has 0 bridgehead atoms. The number of nitrogens with one attached hydrogen (secondary N) is 1. The van der Waals surface area contributed by atoms with Crippen molar-refractivity contribution in [3.63, 3.8) is 0 Å². The number of hydrogen-bond acceptors (Lipinski definition) is 4. The molecule has 110 valence electrons. The summed E-state index contributed by atoms with van der Waals surface area (Å²) in [6.45, 7) is 1.51. The Hall–Kier alpha value is -2.76. The molecule has 0 radical (unpaired) electrons. The Morgan fingerprint density at radius 1 is 1.29 bits per heavy atom. The van der Waals surface area contributed by atoms with Crippen LogP contribution in [-0.4, -0.2) is 23.6 Å². The van der Waals surface area contributed by atoms with Gasteiger partial charge in [0, 0.05) is 0 Å². The fourth-order valence-corrected chi connectivity index (χ4v) is 1.80. The SMILES string of the molecule is CC(NC(=O)COc1ccccc1C(=O)O)c1ccco1. The second-order valence-corrected chi connectivity index (χ2v) is 4.39. The summed E-state index contributed by atoms with van der Waals surface area (Å²) in [5, 5.41) is 11.7. The van der Waals surface area contributed by atoms with E-state index in [0.717, 1.165) is 0 Å². The van der Waals surface area contributed by atoms with Crippen molar-refractivity contribution in [2.75, 3.05) is 6.61 Å². The lowest BCUT2D eigenvalue weighted by atomic mass is 10.2. The maximum absolute atomic E-state index is 11.8. The van der Waals surface area contributed by atoms with Gasteiger partial charge in [-0.2, -0.15) is 0 Å². The number of benzene rings is 1. The average Bonchev–Trinajstić information content (AvgIpc) is 2.99. The van der Waals surface area contributed by atoms with E-state index in [-0.39, 0.29) is 29.9 Å². The van der Waals surface area contributed by atoms with E-state index in [0.29, 0.717) is 5.76 Å². The number of carboxylic acid groups (broad SMARTS) is 1. The number of furan rings is 1. The highest BCUT2D eigenvalue weighted by Gasteiger charge is 2.14. The zero-order valence-electron chi connectivity index (χ0n) is 11.4. The summed E-state index contributed by atoms with van der Waals surface area (Å²) in [4.78, 5) is 22.8. The molecule has 21 heavy (non-hydrogen) atoms. The zero-order valence-corrected chi connectivity index (χ0v) is 11.4. The molecule has 1 aromatic heterocycles. The fraction of sp³-hybridized carbons (Fsp3) is 0.200. The van der Waals surface area contributed by atoms with Gasteiger partial charge in [-0.15, -0.1) is 0 Å². The molecular weight excluding hydrogens is 274 g/mol. The average molecular weight is 289 g/mol. The fourth-order valence-electron chi connectivity index (χ4n) is 1.80. The van der Waals surface area contributed by atoms with Gasteiger partial charge >= 0.3 is 5.97 Å². The van der Waals surface area contributed by atoms with Gasteiger partial charge in [0.1, 0.15) is 17.1 Å². The minimum absolute atomic E-state index is 0.0179. The highest BCUT2D eigenvalue weighted by Crippen LogP contribution is 2.18. The van der Waals surface area contributed by atoms with E-state index in [2.05, 4.69) is 5.32 Å².